The van der Waals surface area contributed by atoms with Crippen molar-refractivity contribution in [1.29, 1.82) is 0 Å². The van der Waals surface area contributed by atoms with Crippen molar-refractivity contribution in [3.63, 3.8) is 0 Å². The number of amides is 3. The van der Waals surface area contributed by atoms with Crippen LogP contribution in [0, 0.1) is 0 Å². The molecule has 134 valence electrons. The molecule has 0 aliphatic heterocycles. The molecule has 3 N–H and O–H groups in total. The number of rotatable bonds is 8. The zero-order valence-corrected chi connectivity index (χ0v) is 15.4. The molecule has 0 unspecified atom stereocenters. The third-order valence-electron chi connectivity index (χ3n) is 4.10. The lowest BCUT2D eigenvalue weighted by Crippen LogP contribution is -2.49. The van der Waals surface area contributed by atoms with Gasteiger partial charge in [-0.1, -0.05) is 26.0 Å². The van der Waals surface area contributed by atoms with Crippen LogP contribution in [-0.2, 0) is 11.3 Å². The molecule has 0 aromatic heterocycles. The van der Waals surface area contributed by atoms with Gasteiger partial charge in [0.1, 0.15) is 0 Å². The minimum atomic E-state index is -0.188. The Hall–Kier alpha value is -2.08. The molecule has 1 rings (SSSR count). The van der Waals surface area contributed by atoms with Gasteiger partial charge in [-0.2, -0.15) is 0 Å². The van der Waals surface area contributed by atoms with Gasteiger partial charge in [-0.3, -0.25) is 4.79 Å². The molecule has 6 heteroatoms. The van der Waals surface area contributed by atoms with E-state index in [9.17, 15) is 9.59 Å². The molecule has 0 heterocycles. The Morgan fingerprint density at radius 1 is 1.17 bits per heavy atom. The summed E-state index contributed by atoms with van der Waals surface area (Å²) in [4.78, 5) is 25.6. The number of hydrogen-bond donors (Lipinski definition) is 3. The average Bonchev–Trinajstić information content (AvgIpc) is 2.52. The van der Waals surface area contributed by atoms with Crippen LogP contribution < -0.4 is 16.0 Å². The topological polar surface area (TPSA) is 73.5 Å². The van der Waals surface area contributed by atoms with Crippen molar-refractivity contribution in [2.45, 2.75) is 45.7 Å². The SMILES string of the molecule is CCC(C)(CC)NC(=O)NCc1cccc(NC(=O)CN(C)C)c1. The molecule has 0 bridgehead atoms. The number of nitrogens with zero attached hydrogens (tertiary/aromatic N) is 1. The van der Waals surface area contributed by atoms with Crippen LogP contribution in [0.3, 0.4) is 0 Å². The lowest BCUT2D eigenvalue weighted by atomic mass is 9.96. The Kier molecular flexibility index (Phi) is 7.71. The molecule has 1 aromatic rings. The summed E-state index contributed by atoms with van der Waals surface area (Å²) in [6.45, 7) is 6.89. The van der Waals surface area contributed by atoms with Gasteiger partial charge in [0.05, 0.1) is 6.54 Å². The Balaban J connectivity index is 2.56. The van der Waals surface area contributed by atoms with Crippen molar-refractivity contribution in [3.8, 4) is 0 Å². The van der Waals surface area contributed by atoms with Crippen LogP contribution in [0.2, 0.25) is 0 Å². The van der Waals surface area contributed by atoms with Crippen LogP contribution in [-0.4, -0.2) is 43.0 Å². The number of hydrogen-bond acceptors (Lipinski definition) is 3. The van der Waals surface area contributed by atoms with Crippen LogP contribution in [0.4, 0.5) is 10.5 Å². The van der Waals surface area contributed by atoms with Gasteiger partial charge < -0.3 is 20.9 Å². The van der Waals surface area contributed by atoms with E-state index in [4.69, 9.17) is 0 Å². The highest BCUT2D eigenvalue weighted by atomic mass is 16.2. The van der Waals surface area contributed by atoms with E-state index in [1.165, 1.54) is 0 Å². The van der Waals surface area contributed by atoms with Gasteiger partial charge in [0, 0.05) is 17.8 Å². The van der Waals surface area contributed by atoms with E-state index in [2.05, 4.69) is 29.8 Å². The largest absolute Gasteiger partial charge is 0.334 e. The number of carbonyl (C=O) groups is 2. The quantitative estimate of drug-likeness (QED) is 0.684. The lowest BCUT2D eigenvalue weighted by molar-refractivity contribution is -0.116. The van der Waals surface area contributed by atoms with Crippen LogP contribution in [0.25, 0.3) is 0 Å². The molecule has 3 amide bonds. The molecule has 0 fully saturated rings. The molecule has 6 nitrogen and oxygen atoms in total. The molecule has 0 spiro atoms. The summed E-state index contributed by atoms with van der Waals surface area (Å²) in [7, 11) is 3.69. The second-order valence-electron chi connectivity index (χ2n) is 6.56. The van der Waals surface area contributed by atoms with Gasteiger partial charge >= 0.3 is 6.03 Å². The number of likely N-dealkylation sites (N-methyl/N-ethyl adjacent to an activating group) is 1. The summed E-state index contributed by atoms with van der Waals surface area (Å²) in [5, 5.41) is 8.72. The van der Waals surface area contributed by atoms with Gasteiger partial charge in [0.2, 0.25) is 5.91 Å². The van der Waals surface area contributed by atoms with Crippen molar-refractivity contribution in [3.05, 3.63) is 29.8 Å². The predicted octanol–water partition coefficient (Wildman–Crippen LogP) is 2.56. The lowest BCUT2D eigenvalue weighted by Gasteiger charge is -2.28. The third kappa shape index (κ3) is 7.00. The zero-order chi connectivity index (χ0) is 18.2. The molecule has 0 saturated heterocycles. The summed E-state index contributed by atoms with van der Waals surface area (Å²) < 4.78 is 0. The highest BCUT2D eigenvalue weighted by Gasteiger charge is 2.21. The molecule has 0 atom stereocenters. The molecule has 1 aromatic carbocycles. The van der Waals surface area contributed by atoms with E-state index in [-0.39, 0.29) is 17.5 Å². The number of urea groups is 1. The third-order valence-corrected chi connectivity index (χ3v) is 4.10. The second kappa shape index (κ2) is 9.27. The Morgan fingerprint density at radius 2 is 1.83 bits per heavy atom. The van der Waals surface area contributed by atoms with Crippen LogP contribution in [0.5, 0.6) is 0 Å². The minimum Gasteiger partial charge on any atom is -0.334 e. The highest BCUT2D eigenvalue weighted by molar-refractivity contribution is 5.92. The zero-order valence-electron chi connectivity index (χ0n) is 15.4. The smallest absolute Gasteiger partial charge is 0.315 e. The molecular formula is C18H30N4O2. The fourth-order valence-electron chi connectivity index (χ4n) is 2.17. The maximum atomic E-state index is 12.0. The first-order chi connectivity index (χ1) is 11.3. The number of benzene rings is 1. The van der Waals surface area contributed by atoms with E-state index in [1.54, 1.807) is 0 Å². The Labute approximate surface area is 145 Å². The second-order valence-corrected chi connectivity index (χ2v) is 6.56. The van der Waals surface area contributed by atoms with Crippen molar-refractivity contribution >= 4 is 17.6 Å². The first-order valence-electron chi connectivity index (χ1n) is 8.37. The minimum absolute atomic E-state index is 0.0653. The van der Waals surface area contributed by atoms with Gasteiger partial charge in [-0.15, -0.1) is 0 Å². The van der Waals surface area contributed by atoms with Crippen molar-refractivity contribution < 1.29 is 9.59 Å². The normalized spacial score (nSPS) is 11.2. The van der Waals surface area contributed by atoms with Crippen molar-refractivity contribution in [2.75, 3.05) is 26.0 Å². The van der Waals surface area contributed by atoms with Gasteiger partial charge in [-0.25, -0.2) is 4.79 Å². The fourth-order valence-corrected chi connectivity index (χ4v) is 2.17. The first-order valence-corrected chi connectivity index (χ1v) is 8.37. The van der Waals surface area contributed by atoms with E-state index in [0.29, 0.717) is 13.1 Å². The first kappa shape index (κ1) is 20.0. The number of carbonyl (C=O) groups excluding carboxylic acids is 2. The van der Waals surface area contributed by atoms with Gasteiger partial charge in [-0.05, 0) is 51.6 Å². The molecule has 0 aliphatic carbocycles. The summed E-state index contributed by atoms with van der Waals surface area (Å²) in [6.07, 6.45) is 1.76. The Morgan fingerprint density at radius 3 is 2.42 bits per heavy atom. The summed E-state index contributed by atoms with van der Waals surface area (Å²) >= 11 is 0. The molecule has 0 radical (unpaired) electrons. The van der Waals surface area contributed by atoms with E-state index in [0.717, 1.165) is 24.1 Å². The standard InChI is InChI=1S/C18H30N4O2/c1-6-18(3,7-2)21-17(24)19-12-14-9-8-10-15(11-14)20-16(23)13-22(4)5/h8-11H,6-7,12-13H2,1-5H3,(H,20,23)(H2,19,21,24). The van der Waals surface area contributed by atoms with Gasteiger partial charge in [0.15, 0.2) is 0 Å². The number of anilines is 1. The highest BCUT2D eigenvalue weighted by Crippen LogP contribution is 2.13. The summed E-state index contributed by atoms with van der Waals surface area (Å²) in [5.41, 5.74) is 1.47. The van der Waals surface area contributed by atoms with Crippen LogP contribution in [0.1, 0.15) is 39.2 Å². The Bertz CT molecular complexity index is 554. The predicted molar refractivity (Wildman–Crippen MR) is 98.0 cm³/mol. The maximum Gasteiger partial charge on any atom is 0.315 e. The average molecular weight is 334 g/mol. The van der Waals surface area contributed by atoms with Crippen LogP contribution in [0.15, 0.2) is 24.3 Å². The van der Waals surface area contributed by atoms with Crippen LogP contribution >= 0.6 is 0 Å². The van der Waals surface area contributed by atoms with E-state index < -0.39 is 0 Å². The molecular weight excluding hydrogens is 304 g/mol. The van der Waals surface area contributed by atoms with Gasteiger partial charge in [0.25, 0.3) is 0 Å². The number of nitrogens with one attached hydrogen (secondary N) is 3. The van der Waals surface area contributed by atoms with Crippen molar-refractivity contribution in [1.82, 2.24) is 15.5 Å². The molecule has 0 aliphatic rings. The monoisotopic (exact) mass is 334 g/mol. The van der Waals surface area contributed by atoms with E-state index in [1.807, 2.05) is 50.2 Å². The molecule has 0 saturated carbocycles. The summed E-state index contributed by atoms with van der Waals surface area (Å²) in [6, 6.07) is 7.31. The summed E-state index contributed by atoms with van der Waals surface area (Å²) in [5.74, 6) is -0.0653. The maximum absolute atomic E-state index is 12.0. The molecule has 24 heavy (non-hydrogen) atoms. The fraction of sp³-hybridized carbons (Fsp3) is 0.556. The van der Waals surface area contributed by atoms with Crippen molar-refractivity contribution in [2.24, 2.45) is 0 Å². The van der Waals surface area contributed by atoms with E-state index >= 15 is 0 Å².